The fourth-order valence-corrected chi connectivity index (χ4v) is 4.64. The number of nitrogens with one attached hydrogen (secondary N) is 1. The summed E-state index contributed by atoms with van der Waals surface area (Å²) in [5.74, 6) is -6.08. The third-order valence-corrected chi connectivity index (χ3v) is 6.44. The Morgan fingerprint density at radius 1 is 1.12 bits per heavy atom. The second-order valence-corrected chi connectivity index (χ2v) is 8.58. The molecule has 2 aromatic rings. The van der Waals surface area contributed by atoms with Crippen molar-refractivity contribution in [1.29, 1.82) is 0 Å². The van der Waals surface area contributed by atoms with E-state index in [2.05, 4.69) is 5.32 Å². The molecule has 3 heterocycles. The summed E-state index contributed by atoms with van der Waals surface area (Å²) in [6.45, 7) is 0.542. The summed E-state index contributed by atoms with van der Waals surface area (Å²) in [7, 11) is 0. The van der Waals surface area contributed by atoms with Crippen LogP contribution in [0.1, 0.15) is 57.4 Å². The van der Waals surface area contributed by atoms with E-state index in [1.807, 2.05) is 0 Å². The molecule has 168 valence electrons. The summed E-state index contributed by atoms with van der Waals surface area (Å²) in [6, 6.07) is 1.58. The molecule has 0 radical (unpaired) electrons. The Balaban J connectivity index is 1.47. The molecule has 2 aliphatic heterocycles. The van der Waals surface area contributed by atoms with Crippen LogP contribution in [0, 0.1) is 23.4 Å². The predicted octanol–water partition coefficient (Wildman–Crippen LogP) is 2.25. The third-order valence-electron chi connectivity index (χ3n) is 6.44. The van der Waals surface area contributed by atoms with Crippen LogP contribution in [0.5, 0.6) is 5.75 Å². The molecule has 0 bridgehead atoms. The number of halogens is 3. The second-order valence-electron chi connectivity index (χ2n) is 8.58. The SMILES string of the molecule is O=C(NCc1ccc(F)c(F)c1F)c1c2n3c(c(O)c1=O)C(=O)N(CC1CC1)C[C@H]3CC2. The number of carbonyl (C=O) groups is 2. The van der Waals surface area contributed by atoms with Crippen molar-refractivity contribution in [3.05, 3.63) is 62.3 Å². The van der Waals surface area contributed by atoms with Crippen molar-refractivity contribution in [2.75, 3.05) is 13.1 Å². The zero-order valence-electron chi connectivity index (χ0n) is 17.0. The normalized spacial score (nSPS) is 19.3. The molecule has 0 spiro atoms. The number of carbonyl (C=O) groups excluding carboxylic acids is 2. The van der Waals surface area contributed by atoms with Crippen molar-refractivity contribution in [3.63, 3.8) is 0 Å². The van der Waals surface area contributed by atoms with Crippen molar-refractivity contribution in [3.8, 4) is 5.75 Å². The van der Waals surface area contributed by atoms with Crippen LogP contribution in [0.4, 0.5) is 13.2 Å². The number of nitrogens with zero attached hydrogens (tertiary/aromatic N) is 2. The van der Waals surface area contributed by atoms with Crippen LogP contribution in [0.25, 0.3) is 0 Å². The zero-order chi connectivity index (χ0) is 22.7. The lowest BCUT2D eigenvalue weighted by atomic mass is 10.1. The fraction of sp³-hybridized carbons (Fsp3) is 0.409. The molecular weight excluding hydrogens is 427 g/mol. The minimum absolute atomic E-state index is 0.0948. The molecule has 5 rings (SSSR count). The number of aromatic hydroxyl groups is 1. The highest BCUT2D eigenvalue weighted by molar-refractivity contribution is 6.00. The van der Waals surface area contributed by atoms with Gasteiger partial charge in [-0.05, 0) is 37.7 Å². The molecule has 1 fully saturated rings. The van der Waals surface area contributed by atoms with E-state index in [1.165, 1.54) is 0 Å². The van der Waals surface area contributed by atoms with Crippen LogP contribution in [-0.2, 0) is 13.0 Å². The average Bonchev–Trinajstić information content (AvgIpc) is 3.50. The van der Waals surface area contributed by atoms with E-state index in [0.717, 1.165) is 25.0 Å². The Hall–Kier alpha value is -3.30. The first-order chi connectivity index (χ1) is 15.3. The van der Waals surface area contributed by atoms with Crippen LogP contribution in [0.3, 0.4) is 0 Å². The van der Waals surface area contributed by atoms with Crippen LogP contribution in [0.2, 0.25) is 0 Å². The first kappa shape index (κ1) is 20.6. The molecule has 1 aromatic carbocycles. The van der Waals surface area contributed by atoms with E-state index in [1.54, 1.807) is 9.47 Å². The molecule has 1 aliphatic carbocycles. The Kier molecular flexibility index (Phi) is 4.75. The molecule has 2 amide bonds. The van der Waals surface area contributed by atoms with E-state index in [4.69, 9.17) is 0 Å². The number of rotatable bonds is 5. The van der Waals surface area contributed by atoms with Crippen LogP contribution >= 0.6 is 0 Å². The topological polar surface area (TPSA) is 91.6 Å². The maximum atomic E-state index is 13.9. The molecule has 1 atom stereocenters. The summed E-state index contributed by atoms with van der Waals surface area (Å²) in [5.41, 5.74) is -1.34. The Bertz CT molecular complexity index is 1220. The number of pyridine rings is 1. The summed E-state index contributed by atoms with van der Waals surface area (Å²) in [4.78, 5) is 40.3. The van der Waals surface area contributed by atoms with Gasteiger partial charge in [0.25, 0.3) is 11.8 Å². The van der Waals surface area contributed by atoms with Crippen molar-refractivity contribution < 1.29 is 27.9 Å². The zero-order valence-corrected chi connectivity index (χ0v) is 17.0. The summed E-state index contributed by atoms with van der Waals surface area (Å²) in [6.07, 6.45) is 3.06. The van der Waals surface area contributed by atoms with Crippen molar-refractivity contribution in [2.45, 2.75) is 38.3 Å². The number of benzene rings is 1. The molecule has 32 heavy (non-hydrogen) atoms. The maximum absolute atomic E-state index is 13.9. The van der Waals surface area contributed by atoms with Gasteiger partial charge in [-0.3, -0.25) is 14.4 Å². The van der Waals surface area contributed by atoms with Crippen molar-refractivity contribution in [2.24, 2.45) is 5.92 Å². The molecular formula is C22H20F3N3O4. The largest absolute Gasteiger partial charge is 0.503 e. The van der Waals surface area contributed by atoms with E-state index in [0.29, 0.717) is 37.5 Å². The Morgan fingerprint density at radius 2 is 1.88 bits per heavy atom. The monoisotopic (exact) mass is 447 g/mol. The van der Waals surface area contributed by atoms with Gasteiger partial charge in [0.05, 0.1) is 6.04 Å². The molecule has 3 aliphatic rings. The van der Waals surface area contributed by atoms with Gasteiger partial charge in [0.15, 0.2) is 28.9 Å². The Labute approximate surface area is 180 Å². The summed E-state index contributed by atoms with van der Waals surface area (Å²) in [5, 5.41) is 12.9. The molecule has 2 N–H and O–H groups in total. The summed E-state index contributed by atoms with van der Waals surface area (Å²) < 4.78 is 42.0. The highest BCUT2D eigenvalue weighted by atomic mass is 19.2. The first-order valence-corrected chi connectivity index (χ1v) is 10.5. The van der Waals surface area contributed by atoms with Gasteiger partial charge in [-0.25, -0.2) is 13.2 Å². The van der Waals surface area contributed by atoms with Crippen molar-refractivity contribution in [1.82, 2.24) is 14.8 Å². The average molecular weight is 447 g/mol. The highest BCUT2D eigenvalue weighted by Crippen LogP contribution is 2.39. The minimum atomic E-state index is -1.65. The Morgan fingerprint density at radius 3 is 2.59 bits per heavy atom. The lowest BCUT2D eigenvalue weighted by Gasteiger charge is -2.34. The van der Waals surface area contributed by atoms with Gasteiger partial charge in [0.2, 0.25) is 5.43 Å². The molecule has 0 saturated heterocycles. The number of amides is 2. The lowest BCUT2D eigenvalue weighted by molar-refractivity contribution is 0.0655. The van der Waals surface area contributed by atoms with E-state index in [9.17, 15) is 32.7 Å². The minimum Gasteiger partial charge on any atom is -0.503 e. The number of aromatic nitrogens is 1. The molecule has 0 unspecified atom stereocenters. The fourth-order valence-electron chi connectivity index (χ4n) is 4.64. The van der Waals surface area contributed by atoms with Gasteiger partial charge >= 0.3 is 0 Å². The maximum Gasteiger partial charge on any atom is 0.274 e. The summed E-state index contributed by atoms with van der Waals surface area (Å²) >= 11 is 0. The van der Waals surface area contributed by atoms with Gasteiger partial charge in [-0.15, -0.1) is 0 Å². The van der Waals surface area contributed by atoms with E-state index < -0.39 is 47.0 Å². The third kappa shape index (κ3) is 3.16. The van der Waals surface area contributed by atoms with Gasteiger partial charge in [-0.2, -0.15) is 0 Å². The number of hydrogen-bond acceptors (Lipinski definition) is 4. The van der Waals surface area contributed by atoms with Crippen LogP contribution in [0.15, 0.2) is 16.9 Å². The smallest absolute Gasteiger partial charge is 0.274 e. The molecule has 7 nitrogen and oxygen atoms in total. The van der Waals surface area contributed by atoms with Gasteiger partial charge < -0.3 is 19.9 Å². The predicted molar refractivity (Wildman–Crippen MR) is 106 cm³/mol. The van der Waals surface area contributed by atoms with Gasteiger partial charge in [0, 0.05) is 30.9 Å². The highest BCUT2D eigenvalue weighted by Gasteiger charge is 2.42. The molecule has 1 saturated carbocycles. The van der Waals surface area contributed by atoms with Crippen LogP contribution in [-0.4, -0.2) is 39.5 Å². The first-order valence-electron chi connectivity index (χ1n) is 10.5. The van der Waals surface area contributed by atoms with E-state index in [-0.39, 0.29) is 22.9 Å². The lowest BCUT2D eigenvalue weighted by Crippen LogP contribution is -2.45. The quantitative estimate of drug-likeness (QED) is 0.688. The standard InChI is InChI=1S/C22H20F3N3O4/c23-13-5-3-11(16(24)17(13)25)7-26-21(31)15-14-6-4-12-9-27(8-10-1-2-10)22(32)18(28(12)14)20(30)19(15)29/h3,5,10,12,30H,1-2,4,6-9H2,(H,26,31)/t12-/m1/s1. The van der Waals surface area contributed by atoms with Gasteiger partial charge in [-0.1, -0.05) is 6.07 Å². The van der Waals surface area contributed by atoms with Crippen LogP contribution < -0.4 is 10.7 Å². The molecule has 10 heteroatoms. The van der Waals surface area contributed by atoms with Gasteiger partial charge in [0.1, 0.15) is 5.56 Å². The second kappa shape index (κ2) is 7.39. The van der Waals surface area contributed by atoms with E-state index >= 15 is 0 Å². The number of hydrogen-bond donors (Lipinski definition) is 2. The molecule has 1 aromatic heterocycles. The van der Waals surface area contributed by atoms with Crippen molar-refractivity contribution >= 4 is 11.8 Å².